The van der Waals surface area contributed by atoms with E-state index in [0.717, 1.165) is 6.54 Å². The van der Waals surface area contributed by atoms with Crippen LogP contribution in [0.5, 0.6) is 0 Å². The van der Waals surface area contributed by atoms with Crippen molar-refractivity contribution in [3.05, 3.63) is 33.9 Å². The summed E-state index contributed by atoms with van der Waals surface area (Å²) >= 11 is 0. The van der Waals surface area contributed by atoms with E-state index in [-0.39, 0.29) is 5.69 Å². The molecule has 1 aromatic rings. The molecule has 0 saturated heterocycles. The average molecular weight is 259 g/mol. The molecule has 0 radical (unpaired) electrons. The SMILES string of the molecule is N#Cc1ccc(NCC2CCCCC2)c([N+](=O)[O-])c1. The van der Waals surface area contributed by atoms with Crippen LogP contribution in [0.2, 0.25) is 0 Å². The number of nitro benzene ring substituents is 1. The number of hydrogen-bond donors (Lipinski definition) is 1. The van der Waals surface area contributed by atoms with Gasteiger partial charge in [0.2, 0.25) is 0 Å². The van der Waals surface area contributed by atoms with Gasteiger partial charge in [-0.2, -0.15) is 5.26 Å². The molecule has 0 aliphatic heterocycles. The van der Waals surface area contributed by atoms with Gasteiger partial charge in [0.1, 0.15) is 5.69 Å². The van der Waals surface area contributed by atoms with Gasteiger partial charge >= 0.3 is 0 Å². The Morgan fingerprint density at radius 3 is 2.74 bits per heavy atom. The van der Waals surface area contributed by atoms with Gasteiger partial charge in [-0.15, -0.1) is 0 Å². The van der Waals surface area contributed by atoms with Gasteiger partial charge in [-0.05, 0) is 30.9 Å². The number of hydrogen-bond acceptors (Lipinski definition) is 4. The van der Waals surface area contributed by atoms with E-state index in [1.165, 1.54) is 38.2 Å². The molecule has 0 unspecified atom stereocenters. The average Bonchev–Trinajstić information content (AvgIpc) is 2.46. The van der Waals surface area contributed by atoms with Crippen molar-refractivity contribution in [2.75, 3.05) is 11.9 Å². The molecule has 1 fully saturated rings. The molecule has 0 amide bonds. The fourth-order valence-corrected chi connectivity index (χ4v) is 2.55. The van der Waals surface area contributed by atoms with Crippen LogP contribution in [0.15, 0.2) is 18.2 Å². The van der Waals surface area contributed by atoms with Crippen LogP contribution in [0, 0.1) is 27.4 Å². The van der Waals surface area contributed by atoms with E-state index in [1.54, 1.807) is 12.1 Å². The zero-order valence-corrected chi connectivity index (χ0v) is 10.8. The minimum atomic E-state index is -0.440. The Labute approximate surface area is 112 Å². The third-order valence-corrected chi connectivity index (χ3v) is 3.63. The summed E-state index contributed by atoms with van der Waals surface area (Å²) in [5.41, 5.74) is 0.805. The Morgan fingerprint density at radius 2 is 2.11 bits per heavy atom. The molecular weight excluding hydrogens is 242 g/mol. The molecule has 0 aromatic heterocycles. The van der Waals surface area contributed by atoms with Crippen LogP contribution in [0.3, 0.4) is 0 Å². The highest BCUT2D eigenvalue weighted by Gasteiger charge is 2.17. The summed E-state index contributed by atoms with van der Waals surface area (Å²) in [7, 11) is 0. The number of nitriles is 1. The van der Waals surface area contributed by atoms with Gasteiger partial charge < -0.3 is 5.32 Å². The maximum absolute atomic E-state index is 11.0. The highest BCUT2D eigenvalue weighted by molar-refractivity contribution is 5.64. The van der Waals surface area contributed by atoms with Crippen molar-refractivity contribution in [1.82, 2.24) is 0 Å². The standard InChI is InChI=1S/C14H17N3O2/c15-9-12-6-7-13(14(8-12)17(18)19)16-10-11-4-2-1-3-5-11/h6-8,11,16H,1-5,10H2. The van der Waals surface area contributed by atoms with Gasteiger partial charge in [0.05, 0.1) is 16.6 Å². The summed E-state index contributed by atoms with van der Waals surface area (Å²) in [5, 5.41) is 22.9. The Morgan fingerprint density at radius 1 is 1.37 bits per heavy atom. The topological polar surface area (TPSA) is 79.0 Å². The predicted molar refractivity (Wildman–Crippen MR) is 72.9 cm³/mol. The smallest absolute Gasteiger partial charge is 0.293 e. The fraction of sp³-hybridized carbons (Fsp3) is 0.500. The largest absolute Gasteiger partial charge is 0.379 e. The summed E-state index contributed by atoms with van der Waals surface area (Å²) in [6.45, 7) is 0.771. The maximum atomic E-state index is 11.0. The van der Waals surface area contributed by atoms with E-state index in [0.29, 0.717) is 17.2 Å². The minimum Gasteiger partial charge on any atom is -0.379 e. The second-order valence-corrected chi connectivity index (χ2v) is 4.99. The molecule has 1 aliphatic rings. The lowest BCUT2D eigenvalue weighted by atomic mass is 9.89. The van der Waals surface area contributed by atoms with Crippen LogP contribution in [-0.4, -0.2) is 11.5 Å². The highest BCUT2D eigenvalue weighted by Crippen LogP contribution is 2.28. The second kappa shape index (κ2) is 6.19. The monoisotopic (exact) mass is 259 g/mol. The van der Waals surface area contributed by atoms with Crippen LogP contribution in [0.4, 0.5) is 11.4 Å². The molecular formula is C14H17N3O2. The lowest BCUT2D eigenvalue weighted by Gasteiger charge is -2.22. The van der Waals surface area contributed by atoms with Crippen molar-refractivity contribution in [1.29, 1.82) is 5.26 Å². The number of rotatable bonds is 4. The Balaban J connectivity index is 2.06. The maximum Gasteiger partial charge on any atom is 0.293 e. The summed E-state index contributed by atoms with van der Waals surface area (Å²) in [5.74, 6) is 0.601. The molecule has 0 heterocycles. The van der Waals surface area contributed by atoms with Crippen molar-refractivity contribution in [2.24, 2.45) is 5.92 Å². The predicted octanol–water partition coefficient (Wildman–Crippen LogP) is 3.46. The highest BCUT2D eigenvalue weighted by atomic mass is 16.6. The Kier molecular flexibility index (Phi) is 4.35. The molecule has 0 spiro atoms. The first-order valence-electron chi connectivity index (χ1n) is 6.63. The quantitative estimate of drug-likeness (QED) is 0.663. The molecule has 5 heteroatoms. The first kappa shape index (κ1) is 13.3. The summed E-state index contributed by atoms with van der Waals surface area (Å²) in [6, 6.07) is 6.48. The van der Waals surface area contributed by atoms with Crippen molar-refractivity contribution < 1.29 is 4.92 Å². The van der Waals surface area contributed by atoms with E-state index in [1.807, 2.05) is 6.07 Å². The number of anilines is 1. The van der Waals surface area contributed by atoms with Gasteiger partial charge in [0.25, 0.3) is 5.69 Å². The first-order chi connectivity index (χ1) is 9.20. The van der Waals surface area contributed by atoms with Crippen molar-refractivity contribution in [2.45, 2.75) is 32.1 Å². The third-order valence-electron chi connectivity index (χ3n) is 3.63. The van der Waals surface area contributed by atoms with Crippen LogP contribution < -0.4 is 5.32 Å². The molecule has 0 bridgehead atoms. The van der Waals surface area contributed by atoms with Gasteiger partial charge in [-0.3, -0.25) is 10.1 Å². The van der Waals surface area contributed by atoms with Gasteiger partial charge in [-0.25, -0.2) is 0 Å². The van der Waals surface area contributed by atoms with Gasteiger partial charge in [-0.1, -0.05) is 19.3 Å². The molecule has 2 rings (SSSR count). The van der Waals surface area contributed by atoms with E-state index in [2.05, 4.69) is 5.32 Å². The molecule has 100 valence electrons. The summed E-state index contributed by atoms with van der Waals surface area (Å²) < 4.78 is 0. The fourth-order valence-electron chi connectivity index (χ4n) is 2.55. The summed E-state index contributed by atoms with van der Waals surface area (Å²) in [4.78, 5) is 10.6. The number of benzene rings is 1. The van der Waals surface area contributed by atoms with Crippen LogP contribution in [0.25, 0.3) is 0 Å². The molecule has 1 N–H and O–H groups in total. The molecule has 1 aromatic carbocycles. The Bertz CT molecular complexity index is 502. The lowest BCUT2D eigenvalue weighted by molar-refractivity contribution is -0.384. The second-order valence-electron chi connectivity index (χ2n) is 4.99. The molecule has 5 nitrogen and oxygen atoms in total. The number of nitro groups is 1. The molecule has 1 saturated carbocycles. The van der Waals surface area contributed by atoms with Crippen molar-refractivity contribution in [3.8, 4) is 6.07 Å². The zero-order chi connectivity index (χ0) is 13.7. The minimum absolute atomic E-state index is 0.0186. The summed E-state index contributed by atoms with van der Waals surface area (Å²) in [6.07, 6.45) is 6.19. The zero-order valence-electron chi connectivity index (χ0n) is 10.8. The van der Waals surface area contributed by atoms with E-state index >= 15 is 0 Å². The van der Waals surface area contributed by atoms with E-state index in [9.17, 15) is 10.1 Å². The van der Waals surface area contributed by atoms with Crippen molar-refractivity contribution in [3.63, 3.8) is 0 Å². The van der Waals surface area contributed by atoms with Crippen LogP contribution >= 0.6 is 0 Å². The first-order valence-corrected chi connectivity index (χ1v) is 6.63. The number of nitrogens with zero attached hydrogens (tertiary/aromatic N) is 2. The van der Waals surface area contributed by atoms with Crippen LogP contribution in [-0.2, 0) is 0 Å². The molecule has 1 aliphatic carbocycles. The lowest BCUT2D eigenvalue weighted by Crippen LogP contribution is -2.17. The van der Waals surface area contributed by atoms with Crippen LogP contribution in [0.1, 0.15) is 37.7 Å². The van der Waals surface area contributed by atoms with E-state index in [4.69, 9.17) is 5.26 Å². The Hall–Kier alpha value is -2.09. The molecule has 0 atom stereocenters. The third kappa shape index (κ3) is 3.44. The van der Waals surface area contributed by atoms with Gasteiger partial charge in [0.15, 0.2) is 0 Å². The number of nitrogens with one attached hydrogen (secondary N) is 1. The normalized spacial score (nSPS) is 15.7. The van der Waals surface area contributed by atoms with Gasteiger partial charge in [0, 0.05) is 12.6 Å². The van der Waals surface area contributed by atoms with Crippen molar-refractivity contribution >= 4 is 11.4 Å². The molecule has 19 heavy (non-hydrogen) atoms. The van der Waals surface area contributed by atoms with E-state index < -0.39 is 4.92 Å².